The van der Waals surface area contributed by atoms with E-state index in [-0.39, 0.29) is 17.9 Å². The van der Waals surface area contributed by atoms with Gasteiger partial charge in [0.15, 0.2) is 5.65 Å². The first-order valence-electron chi connectivity index (χ1n) is 7.80. The van der Waals surface area contributed by atoms with Crippen molar-refractivity contribution in [2.75, 3.05) is 13.2 Å². The van der Waals surface area contributed by atoms with E-state index in [2.05, 4.69) is 25.7 Å². The molecule has 4 heterocycles. The number of nitrogens with one attached hydrogen (secondary N) is 2. The second-order valence-corrected chi connectivity index (χ2v) is 6.02. The molecule has 24 heavy (non-hydrogen) atoms. The number of aryl methyl sites for hydroxylation is 1. The Labute approximate surface area is 137 Å². The largest absolute Gasteiger partial charge is 0.379 e. The highest BCUT2D eigenvalue weighted by atomic mass is 16.5. The van der Waals surface area contributed by atoms with Gasteiger partial charge < -0.3 is 14.6 Å². The fraction of sp³-hybridized carbons (Fsp3) is 0.375. The maximum Gasteiger partial charge on any atom is 0.270 e. The number of ether oxygens (including phenoxy) is 1. The number of nitrogens with zero attached hydrogens (tertiary/aromatic N) is 3. The first kappa shape index (κ1) is 14.8. The van der Waals surface area contributed by atoms with E-state index in [0.29, 0.717) is 31.0 Å². The monoisotopic (exact) mass is 327 g/mol. The van der Waals surface area contributed by atoms with Crippen LogP contribution in [0.3, 0.4) is 0 Å². The van der Waals surface area contributed by atoms with E-state index in [0.717, 1.165) is 16.8 Å². The molecule has 0 saturated carbocycles. The van der Waals surface area contributed by atoms with Gasteiger partial charge in [0.1, 0.15) is 11.5 Å². The molecule has 0 unspecified atom stereocenters. The minimum Gasteiger partial charge on any atom is -0.379 e. The van der Waals surface area contributed by atoms with Crippen LogP contribution in [0.2, 0.25) is 0 Å². The highest BCUT2D eigenvalue weighted by molar-refractivity contribution is 5.94. The van der Waals surface area contributed by atoms with Crippen LogP contribution in [0.5, 0.6) is 0 Å². The SMILES string of the molecule is Cc1cc(C[C@@H]2COC[C@@H]2NC(=O)c2ccc3cn[nH]c3n2)on1. The first-order chi connectivity index (χ1) is 11.7. The van der Waals surface area contributed by atoms with Gasteiger partial charge in [-0.25, -0.2) is 4.98 Å². The van der Waals surface area contributed by atoms with Gasteiger partial charge >= 0.3 is 0 Å². The summed E-state index contributed by atoms with van der Waals surface area (Å²) in [7, 11) is 0. The van der Waals surface area contributed by atoms with Crippen LogP contribution >= 0.6 is 0 Å². The van der Waals surface area contributed by atoms with E-state index in [1.54, 1.807) is 12.3 Å². The van der Waals surface area contributed by atoms with Gasteiger partial charge in [0.05, 0.1) is 31.1 Å². The molecule has 1 amide bonds. The van der Waals surface area contributed by atoms with Crippen molar-refractivity contribution >= 4 is 16.9 Å². The Bertz CT molecular complexity index is 871. The van der Waals surface area contributed by atoms with E-state index in [1.807, 2.05) is 19.1 Å². The number of carbonyl (C=O) groups is 1. The number of hydrogen-bond donors (Lipinski definition) is 2. The molecule has 4 rings (SSSR count). The van der Waals surface area contributed by atoms with Crippen molar-refractivity contribution < 1.29 is 14.1 Å². The average Bonchev–Trinajstić information content (AvgIpc) is 3.29. The molecular weight excluding hydrogens is 310 g/mol. The van der Waals surface area contributed by atoms with Crippen molar-refractivity contribution in [3.63, 3.8) is 0 Å². The third-order valence-electron chi connectivity index (χ3n) is 4.19. The molecule has 124 valence electrons. The van der Waals surface area contributed by atoms with E-state index in [1.165, 1.54) is 0 Å². The zero-order valence-corrected chi connectivity index (χ0v) is 13.2. The molecule has 1 aliphatic heterocycles. The summed E-state index contributed by atoms with van der Waals surface area (Å²) in [6.45, 7) is 2.95. The predicted molar refractivity (Wildman–Crippen MR) is 84.4 cm³/mol. The zero-order chi connectivity index (χ0) is 16.5. The highest BCUT2D eigenvalue weighted by Gasteiger charge is 2.31. The molecule has 0 aliphatic carbocycles. The van der Waals surface area contributed by atoms with Crippen LogP contribution in [0.1, 0.15) is 21.9 Å². The number of hydrogen-bond acceptors (Lipinski definition) is 6. The molecule has 0 radical (unpaired) electrons. The molecule has 1 fully saturated rings. The maximum atomic E-state index is 12.5. The molecular formula is C16H17N5O3. The van der Waals surface area contributed by atoms with Gasteiger partial charge in [-0.3, -0.25) is 9.89 Å². The van der Waals surface area contributed by atoms with Gasteiger partial charge in [-0.15, -0.1) is 0 Å². The van der Waals surface area contributed by atoms with Gasteiger partial charge in [-0.05, 0) is 19.1 Å². The predicted octanol–water partition coefficient (Wildman–Crippen LogP) is 1.24. The third-order valence-corrected chi connectivity index (χ3v) is 4.19. The molecule has 0 aromatic carbocycles. The summed E-state index contributed by atoms with van der Waals surface area (Å²) in [4.78, 5) is 16.8. The summed E-state index contributed by atoms with van der Waals surface area (Å²) in [6.07, 6.45) is 2.35. The van der Waals surface area contributed by atoms with Crippen LogP contribution < -0.4 is 5.32 Å². The molecule has 2 N–H and O–H groups in total. The molecule has 1 aliphatic rings. The Hall–Kier alpha value is -2.74. The molecule has 3 aromatic heterocycles. The number of H-pyrrole nitrogens is 1. The van der Waals surface area contributed by atoms with E-state index in [4.69, 9.17) is 9.26 Å². The lowest BCUT2D eigenvalue weighted by Gasteiger charge is -2.17. The summed E-state index contributed by atoms with van der Waals surface area (Å²) >= 11 is 0. The smallest absolute Gasteiger partial charge is 0.270 e. The molecule has 8 heteroatoms. The molecule has 0 bridgehead atoms. The number of pyridine rings is 1. The van der Waals surface area contributed by atoms with E-state index in [9.17, 15) is 4.79 Å². The molecule has 8 nitrogen and oxygen atoms in total. The Morgan fingerprint density at radius 3 is 3.17 bits per heavy atom. The van der Waals surface area contributed by atoms with Crippen molar-refractivity contribution in [2.24, 2.45) is 5.92 Å². The van der Waals surface area contributed by atoms with Crippen molar-refractivity contribution in [1.82, 2.24) is 25.7 Å². The number of aromatic amines is 1. The van der Waals surface area contributed by atoms with E-state index >= 15 is 0 Å². The van der Waals surface area contributed by atoms with E-state index < -0.39 is 0 Å². The minimum atomic E-state index is -0.222. The fourth-order valence-corrected chi connectivity index (χ4v) is 2.93. The van der Waals surface area contributed by atoms with Gasteiger partial charge in [0.2, 0.25) is 0 Å². The number of fused-ring (bicyclic) bond motifs is 1. The van der Waals surface area contributed by atoms with Gasteiger partial charge in [0, 0.05) is 23.8 Å². The van der Waals surface area contributed by atoms with Crippen molar-refractivity contribution in [2.45, 2.75) is 19.4 Å². The van der Waals surface area contributed by atoms with Crippen LogP contribution in [0.15, 0.2) is 28.9 Å². The second-order valence-electron chi connectivity index (χ2n) is 6.02. The third kappa shape index (κ3) is 2.88. The molecule has 0 spiro atoms. The van der Waals surface area contributed by atoms with Crippen LogP contribution in [0.4, 0.5) is 0 Å². The quantitative estimate of drug-likeness (QED) is 0.747. The van der Waals surface area contributed by atoms with Gasteiger partial charge in [0.25, 0.3) is 5.91 Å². The maximum absolute atomic E-state index is 12.5. The molecule has 1 saturated heterocycles. The number of amides is 1. The normalized spacial score (nSPS) is 20.5. The van der Waals surface area contributed by atoms with Crippen LogP contribution in [0.25, 0.3) is 11.0 Å². The van der Waals surface area contributed by atoms with Gasteiger partial charge in [-0.2, -0.15) is 5.10 Å². The Morgan fingerprint density at radius 2 is 2.33 bits per heavy atom. The zero-order valence-electron chi connectivity index (χ0n) is 13.2. The number of aromatic nitrogens is 4. The summed E-state index contributed by atoms with van der Waals surface area (Å²) in [5.74, 6) is 0.734. The van der Waals surface area contributed by atoms with Crippen LogP contribution in [0, 0.1) is 12.8 Å². The van der Waals surface area contributed by atoms with Crippen molar-refractivity contribution in [1.29, 1.82) is 0 Å². The fourth-order valence-electron chi connectivity index (χ4n) is 2.93. The van der Waals surface area contributed by atoms with Gasteiger partial charge in [-0.1, -0.05) is 5.16 Å². The van der Waals surface area contributed by atoms with Crippen molar-refractivity contribution in [3.8, 4) is 0 Å². The lowest BCUT2D eigenvalue weighted by atomic mass is 9.98. The topological polar surface area (TPSA) is 106 Å². The Balaban J connectivity index is 1.45. The lowest BCUT2D eigenvalue weighted by molar-refractivity contribution is 0.0920. The summed E-state index contributed by atoms with van der Waals surface area (Å²) in [5.41, 5.74) is 1.80. The first-order valence-corrected chi connectivity index (χ1v) is 7.80. The standard InChI is InChI=1S/C16H17N5O3/c1-9-4-12(24-21-9)5-11-7-23-8-14(11)19-16(22)13-3-2-10-6-17-20-15(10)18-13/h2-4,6,11,14H,5,7-8H2,1H3,(H,19,22)(H,17,18,20)/t11-,14+/m1/s1. The number of rotatable bonds is 4. The van der Waals surface area contributed by atoms with Crippen molar-refractivity contribution in [3.05, 3.63) is 41.5 Å². The highest BCUT2D eigenvalue weighted by Crippen LogP contribution is 2.20. The molecule has 3 aromatic rings. The summed E-state index contributed by atoms with van der Waals surface area (Å²) < 4.78 is 10.8. The Kier molecular flexibility index (Phi) is 3.73. The second kappa shape index (κ2) is 6.04. The lowest BCUT2D eigenvalue weighted by Crippen LogP contribution is -2.40. The molecule has 2 atom stereocenters. The summed E-state index contributed by atoms with van der Waals surface area (Å²) in [6, 6.07) is 5.34. The summed E-state index contributed by atoms with van der Waals surface area (Å²) in [5, 5.41) is 14.4. The Morgan fingerprint density at radius 1 is 1.42 bits per heavy atom. The van der Waals surface area contributed by atoms with Crippen LogP contribution in [-0.2, 0) is 11.2 Å². The minimum absolute atomic E-state index is 0.0813. The van der Waals surface area contributed by atoms with Crippen LogP contribution in [-0.4, -0.2) is 45.5 Å². The number of carbonyl (C=O) groups excluding carboxylic acids is 1. The average molecular weight is 327 g/mol.